The molecule has 0 N–H and O–H groups in total. The van der Waals surface area contributed by atoms with E-state index >= 15 is 0 Å². The van der Waals surface area contributed by atoms with Gasteiger partial charge in [-0.2, -0.15) is 5.26 Å². The van der Waals surface area contributed by atoms with Gasteiger partial charge in [0.15, 0.2) is 0 Å². The molecule has 0 aliphatic carbocycles. The van der Waals surface area contributed by atoms with Crippen molar-refractivity contribution in [1.82, 2.24) is 4.57 Å². The number of nitriles is 1. The molecule has 6 heteroatoms. The van der Waals surface area contributed by atoms with Gasteiger partial charge in [0.05, 0.1) is 78.1 Å². The molecule has 0 spiro atoms. The number of rotatable bonds is 4. The van der Waals surface area contributed by atoms with Gasteiger partial charge in [-0.1, -0.05) is 132 Å². The summed E-state index contributed by atoms with van der Waals surface area (Å²) in [5.41, 5.74) is -13.5. The zero-order valence-corrected chi connectivity index (χ0v) is 34.3. The minimum Gasteiger partial charge on any atom is -0.311 e. The average molecular weight is 840 g/mol. The van der Waals surface area contributed by atoms with E-state index in [1.807, 2.05) is 6.07 Å². The molecule has 4 heterocycles. The molecule has 0 amide bonds. The largest absolute Gasteiger partial charge is 0.311 e. The van der Waals surface area contributed by atoms with E-state index < -0.39 is 276 Å². The highest BCUT2D eigenvalue weighted by molar-refractivity contribution is 7.00. The Balaban J connectivity index is 1.38. The molecular weight excluding hydrogens is 765 g/mol. The average Bonchev–Trinajstić information content (AvgIpc) is 1.65. The molecule has 3 aliphatic rings. The summed E-state index contributed by atoms with van der Waals surface area (Å²) in [6, 6.07) is -23.5. The second-order valence-corrected chi connectivity index (χ2v) is 17.2. The van der Waals surface area contributed by atoms with Crippen molar-refractivity contribution < 1.29 is 38.4 Å². The van der Waals surface area contributed by atoms with Gasteiger partial charge in [0, 0.05) is 50.6 Å². The molecule has 9 aromatic rings. The van der Waals surface area contributed by atoms with Gasteiger partial charge in [0.1, 0.15) is 0 Å². The highest BCUT2D eigenvalue weighted by Gasteiger charge is 2.46. The Morgan fingerprint density at radius 3 is 1.78 bits per heavy atom. The standard InChI is InChI=1S/C57H46BN5/c1-56(2,3)37-22-26-40(27-23-37)60(41-28-24-38(25-29-41)57(4,5)6)42-30-31-45-50(34-42)61(39-14-8-7-9-15-39)51-32-36(35-59)33-52-53(51)58(45)46-18-13-21-49-55(46)63(52)48-20-12-17-44-43-16-10-11-19-47(43)62(49)54(44)48/h7-34H,1-6H3/i7D,8D,9D,10D,11D,12D,13D,14D,15D,16D,17D,18D,19D,20D,21D,22D,23D,24D,25D,26D,27D,28D,29D,30D,31D,32D,33D,34D. The lowest BCUT2D eigenvalue weighted by Crippen LogP contribution is -2.61. The van der Waals surface area contributed by atoms with E-state index in [0.29, 0.717) is 9.80 Å². The smallest absolute Gasteiger partial charge is 0.252 e. The van der Waals surface area contributed by atoms with E-state index in [1.54, 1.807) is 41.5 Å². The van der Waals surface area contributed by atoms with Crippen molar-refractivity contribution >= 4 is 96.1 Å². The van der Waals surface area contributed by atoms with Crippen LogP contribution in [0.15, 0.2) is 169 Å². The number of benzene rings is 8. The molecule has 0 saturated heterocycles. The number of para-hydroxylation sites is 4. The summed E-state index contributed by atoms with van der Waals surface area (Å²) in [4.78, 5) is 2.30. The minimum atomic E-state index is -2.08. The third kappa shape index (κ3) is 5.42. The van der Waals surface area contributed by atoms with Crippen molar-refractivity contribution in [3.05, 3.63) is 186 Å². The van der Waals surface area contributed by atoms with Crippen LogP contribution in [-0.4, -0.2) is 11.3 Å². The van der Waals surface area contributed by atoms with Crippen LogP contribution in [0.2, 0.25) is 0 Å². The van der Waals surface area contributed by atoms with Gasteiger partial charge in [-0.15, -0.1) is 0 Å². The summed E-state index contributed by atoms with van der Waals surface area (Å²) in [6.45, 7) is 7.50. The Labute approximate surface area is 409 Å². The Bertz CT molecular complexity index is 4890. The molecule has 1 aromatic heterocycles. The number of nitrogens with zero attached hydrogens (tertiary/aromatic N) is 5. The molecule has 0 fully saturated rings. The summed E-state index contributed by atoms with van der Waals surface area (Å²) in [5, 5.41) is 10.5. The number of anilines is 9. The van der Waals surface area contributed by atoms with Crippen LogP contribution in [0.4, 0.5) is 51.2 Å². The fourth-order valence-corrected chi connectivity index (χ4v) is 8.41. The number of hydrogen-bond acceptors (Lipinski definition) is 4. The molecule has 0 unspecified atom stereocenters. The van der Waals surface area contributed by atoms with Gasteiger partial charge < -0.3 is 19.3 Å². The highest BCUT2D eigenvalue weighted by Crippen LogP contribution is 2.52. The van der Waals surface area contributed by atoms with Crippen molar-refractivity contribution in [3.63, 3.8) is 0 Å². The number of fused-ring (bicyclic) bond motifs is 9. The zero-order chi connectivity index (χ0) is 67.3. The van der Waals surface area contributed by atoms with Crippen LogP contribution in [0.5, 0.6) is 0 Å². The van der Waals surface area contributed by atoms with Crippen molar-refractivity contribution in [2.45, 2.75) is 52.4 Å². The van der Waals surface area contributed by atoms with Crippen LogP contribution >= 0.6 is 0 Å². The van der Waals surface area contributed by atoms with Gasteiger partial charge in [-0.05, 0) is 117 Å². The number of aromatic nitrogens is 1. The summed E-state index contributed by atoms with van der Waals surface area (Å²) in [7, 11) is 0. The molecular formula is C57H46BN5. The summed E-state index contributed by atoms with van der Waals surface area (Å²) in [5.74, 6) is 0. The van der Waals surface area contributed by atoms with Gasteiger partial charge in [0.2, 0.25) is 0 Å². The van der Waals surface area contributed by atoms with Gasteiger partial charge >= 0.3 is 0 Å². The SMILES string of the molecule is [2H]c1c([2H])c([2H])c(N2c3c([2H])c(N(c4c([2H])c([2H])c(C(C)(C)C)c([2H])c4[2H])c4c([2H])c([2H])c(C(C)(C)C)c([2H])c4[2H])c([2H])c([2H])c3B3c4c2c([2H])c(C#N)c([2H])c4N2c4c3c([2H])c([2H])c([2H])c4-n3c4c([2H])c([2H])c([2H])c([2H])c4c4c([2H])c([2H])c([2H])c2c43)c([2H])c1[2H]. The Kier molecular flexibility index (Phi) is 3.89. The Morgan fingerprint density at radius 2 is 1.11 bits per heavy atom. The second-order valence-electron chi connectivity index (χ2n) is 17.2. The molecule has 5 nitrogen and oxygen atoms in total. The second kappa shape index (κ2) is 13.3. The van der Waals surface area contributed by atoms with E-state index in [4.69, 9.17) is 6.85 Å². The first kappa shape index (κ1) is 18.5. The first-order valence-corrected chi connectivity index (χ1v) is 19.8. The van der Waals surface area contributed by atoms with Crippen LogP contribution in [0.25, 0.3) is 27.5 Å². The monoisotopic (exact) mass is 840 g/mol. The summed E-state index contributed by atoms with van der Waals surface area (Å²) < 4.78 is 269. The van der Waals surface area contributed by atoms with Gasteiger partial charge in [0.25, 0.3) is 6.71 Å². The van der Waals surface area contributed by atoms with Crippen molar-refractivity contribution in [3.8, 4) is 11.8 Å². The molecule has 0 radical (unpaired) electrons. The quantitative estimate of drug-likeness (QED) is 0.166. The molecule has 3 aliphatic heterocycles. The summed E-state index contributed by atoms with van der Waals surface area (Å²) >= 11 is 0. The lowest BCUT2D eigenvalue weighted by atomic mass is 9.33. The predicted octanol–water partition coefficient (Wildman–Crippen LogP) is 13.1. The van der Waals surface area contributed by atoms with Crippen LogP contribution in [0, 0.1) is 11.3 Å². The maximum atomic E-state index is 11.3. The summed E-state index contributed by atoms with van der Waals surface area (Å²) in [6.07, 6.45) is 0. The van der Waals surface area contributed by atoms with E-state index in [2.05, 4.69) is 0 Å². The highest BCUT2D eigenvalue weighted by atomic mass is 15.2. The third-order valence-electron chi connectivity index (χ3n) is 11.3. The fraction of sp³-hybridized carbons (Fsp3) is 0.140. The van der Waals surface area contributed by atoms with E-state index in [0.717, 1.165) is 9.47 Å². The maximum Gasteiger partial charge on any atom is 0.252 e. The van der Waals surface area contributed by atoms with Crippen molar-refractivity contribution in [1.29, 1.82) is 5.26 Å². The first-order valence-electron chi connectivity index (χ1n) is 33.8. The van der Waals surface area contributed by atoms with E-state index in [9.17, 15) is 36.8 Å². The number of hydrogen-bond donors (Lipinski definition) is 0. The minimum absolute atomic E-state index is 0.149. The molecule has 0 atom stereocenters. The van der Waals surface area contributed by atoms with Crippen LogP contribution < -0.4 is 31.1 Å². The molecule has 0 bridgehead atoms. The van der Waals surface area contributed by atoms with Crippen molar-refractivity contribution in [2.75, 3.05) is 14.7 Å². The van der Waals surface area contributed by atoms with Crippen LogP contribution in [-0.2, 0) is 10.8 Å². The molecule has 0 saturated carbocycles. The Hall–Kier alpha value is -7.49. The normalized spacial score (nSPS) is 19.7. The van der Waals surface area contributed by atoms with Gasteiger partial charge in [-0.25, -0.2) is 0 Å². The molecule has 63 heavy (non-hydrogen) atoms. The van der Waals surface area contributed by atoms with Crippen LogP contribution in [0.3, 0.4) is 0 Å². The van der Waals surface area contributed by atoms with E-state index in [1.165, 1.54) is 0 Å². The van der Waals surface area contributed by atoms with Crippen LogP contribution in [0.1, 0.15) is 96.6 Å². The third-order valence-corrected chi connectivity index (χ3v) is 11.3. The van der Waals surface area contributed by atoms with E-state index in [-0.39, 0.29) is 22.0 Å². The van der Waals surface area contributed by atoms with Crippen molar-refractivity contribution in [2.24, 2.45) is 0 Å². The Morgan fingerprint density at radius 1 is 0.524 bits per heavy atom. The predicted molar refractivity (Wildman–Crippen MR) is 265 cm³/mol. The fourth-order valence-electron chi connectivity index (χ4n) is 8.41. The lowest BCUT2D eigenvalue weighted by Gasteiger charge is -2.46. The first-order chi connectivity index (χ1) is 42.2. The molecule has 8 aromatic carbocycles. The lowest BCUT2D eigenvalue weighted by molar-refractivity contribution is 0.590. The topological polar surface area (TPSA) is 38.4 Å². The zero-order valence-electron chi connectivity index (χ0n) is 62.3. The maximum absolute atomic E-state index is 11.3. The molecule has 12 rings (SSSR count). The molecule has 302 valence electrons. The van der Waals surface area contributed by atoms with Gasteiger partial charge in [-0.3, -0.25) is 0 Å².